The molecule has 0 radical (unpaired) electrons. The van der Waals surface area contributed by atoms with Crippen LogP contribution in [0.3, 0.4) is 0 Å². The number of hydrogen-bond donors (Lipinski definition) is 1. The first-order chi connectivity index (χ1) is 5.70. The van der Waals surface area contributed by atoms with Gasteiger partial charge in [-0.1, -0.05) is 22.5 Å². The van der Waals surface area contributed by atoms with E-state index in [1.54, 1.807) is 0 Å². The fourth-order valence-electron chi connectivity index (χ4n) is 1.39. The summed E-state index contributed by atoms with van der Waals surface area (Å²) in [5.41, 5.74) is 0. The van der Waals surface area contributed by atoms with Crippen molar-refractivity contribution in [1.29, 1.82) is 0 Å². The summed E-state index contributed by atoms with van der Waals surface area (Å²) in [6, 6.07) is 0.529. The Morgan fingerprint density at radius 1 is 1.83 bits per heavy atom. The minimum Gasteiger partial charge on any atom is -0.381 e. The molecule has 1 rings (SSSR count). The summed E-state index contributed by atoms with van der Waals surface area (Å²) in [6.07, 6.45) is 1.18. The number of nitrogens with one attached hydrogen (secondary N) is 1. The number of hydrogen-bond acceptors (Lipinski definition) is 2. The predicted molar refractivity (Wildman–Crippen MR) is 54.5 cm³/mol. The van der Waals surface area contributed by atoms with Gasteiger partial charge in [-0.3, -0.25) is 0 Å². The maximum absolute atomic E-state index is 5.31. The summed E-state index contributed by atoms with van der Waals surface area (Å²) in [4.78, 5) is 0. The quantitative estimate of drug-likeness (QED) is 0.802. The Labute approximate surface area is 82.5 Å². The maximum atomic E-state index is 5.31. The molecule has 1 aliphatic rings. The molecule has 70 valence electrons. The summed E-state index contributed by atoms with van der Waals surface area (Å²) in [7, 11) is 0. The normalized spacial score (nSPS) is 25.7. The predicted octanol–water partition coefficient (Wildman–Crippen LogP) is 1.91. The van der Waals surface area contributed by atoms with Gasteiger partial charge in [0.1, 0.15) is 0 Å². The van der Waals surface area contributed by atoms with Gasteiger partial charge < -0.3 is 10.1 Å². The molecule has 1 saturated heterocycles. The Morgan fingerprint density at radius 2 is 2.58 bits per heavy atom. The fraction of sp³-hybridized carbons (Fsp3) is 0.778. The lowest BCUT2D eigenvalue weighted by atomic mass is 10.0. The highest BCUT2D eigenvalue weighted by molar-refractivity contribution is 9.11. The van der Waals surface area contributed by atoms with Crippen LogP contribution in [0.2, 0.25) is 0 Å². The monoisotopic (exact) mass is 233 g/mol. The van der Waals surface area contributed by atoms with E-state index in [1.165, 1.54) is 6.42 Å². The third-order valence-electron chi connectivity index (χ3n) is 2.29. The Balaban J connectivity index is 2.17. The lowest BCUT2D eigenvalue weighted by Crippen LogP contribution is -2.34. The fourth-order valence-corrected chi connectivity index (χ4v) is 1.55. The second-order valence-electron chi connectivity index (χ2n) is 3.31. The van der Waals surface area contributed by atoms with Gasteiger partial charge in [0, 0.05) is 23.7 Å². The SMILES string of the molecule is C=C(Br)CNC(C)C1CCOC1. The van der Waals surface area contributed by atoms with Crippen LogP contribution in [-0.2, 0) is 4.74 Å². The molecule has 1 fully saturated rings. The first-order valence-electron chi connectivity index (χ1n) is 4.34. The van der Waals surface area contributed by atoms with E-state index in [1.807, 2.05) is 0 Å². The van der Waals surface area contributed by atoms with Gasteiger partial charge in [0.15, 0.2) is 0 Å². The molecule has 3 heteroatoms. The summed E-state index contributed by atoms with van der Waals surface area (Å²) >= 11 is 3.32. The molecule has 0 aliphatic carbocycles. The molecular formula is C9H16BrNO. The largest absolute Gasteiger partial charge is 0.381 e. The molecule has 0 spiro atoms. The number of halogens is 1. The van der Waals surface area contributed by atoms with Crippen LogP contribution in [-0.4, -0.2) is 25.8 Å². The number of ether oxygens (including phenoxy) is 1. The summed E-state index contributed by atoms with van der Waals surface area (Å²) < 4.78 is 6.32. The highest BCUT2D eigenvalue weighted by atomic mass is 79.9. The van der Waals surface area contributed by atoms with Gasteiger partial charge in [0.05, 0.1) is 6.61 Å². The molecule has 0 saturated carbocycles. The molecule has 1 heterocycles. The van der Waals surface area contributed by atoms with Gasteiger partial charge in [0.2, 0.25) is 0 Å². The van der Waals surface area contributed by atoms with Crippen LogP contribution < -0.4 is 5.32 Å². The van der Waals surface area contributed by atoms with Crippen LogP contribution in [0.15, 0.2) is 11.1 Å². The molecule has 2 nitrogen and oxygen atoms in total. The van der Waals surface area contributed by atoms with Gasteiger partial charge in [-0.05, 0) is 19.3 Å². The first-order valence-corrected chi connectivity index (χ1v) is 5.14. The minimum atomic E-state index is 0.529. The summed E-state index contributed by atoms with van der Waals surface area (Å²) in [5.74, 6) is 0.678. The Hall–Kier alpha value is 0.140. The van der Waals surface area contributed by atoms with E-state index in [4.69, 9.17) is 4.74 Å². The van der Waals surface area contributed by atoms with Crippen LogP contribution in [0.5, 0.6) is 0 Å². The van der Waals surface area contributed by atoms with E-state index in [0.717, 1.165) is 24.2 Å². The van der Waals surface area contributed by atoms with Gasteiger partial charge in [0.25, 0.3) is 0 Å². The summed E-state index contributed by atoms with van der Waals surface area (Å²) in [5, 5.41) is 3.40. The topological polar surface area (TPSA) is 21.3 Å². The van der Waals surface area contributed by atoms with Crippen molar-refractivity contribution in [3.05, 3.63) is 11.1 Å². The minimum absolute atomic E-state index is 0.529. The van der Waals surface area contributed by atoms with Crippen molar-refractivity contribution in [1.82, 2.24) is 5.32 Å². The highest BCUT2D eigenvalue weighted by Crippen LogP contribution is 2.16. The zero-order valence-electron chi connectivity index (χ0n) is 7.48. The third-order valence-corrected chi connectivity index (χ3v) is 2.57. The standard InChI is InChI=1S/C9H16BrNO/c1-7(10)5-11-8(2)9-3-4-12-6-9/h8-9,11H,1,3-6H2,2H3. The zero-order valence-corrected chi connectivity index (χ0v) is 9.06. The van der Waals surface area contributed by atoms with Crippen molar-refractivity contribution in [2.75, 3.05) is 19.8 Å². The van der Waals surface area contributed by atoms with E-state index in [0.29, 0.717) is 12.0 Å². The second kappa shape index (κ2) is 5.00. The van der Waals surface area contributed by atoms with E-state index in [2.05, 4.69) is 34.7 Å². The van der Waals surface area contributed by atoms with Crippen LogP contribution in [0.25, 0.3) is 0 Å². The van der Waals surface area contributed by atoms with Crippen molar-refractivity contribution in [3.63, 3.8) is 0 Å². The molecule has 0 aromatic heterocycles. The van der Waals surface area contributed by atoms with Crippen LogP contribution >= 0.6 is 15.9 Å². The second-order valence-corrected chi connectivity index (χ2v) is 4.43. The molecular weight excluding hydrogens is 218 g/mol. The van der Waals surface area contributed by atoms with Gasteiger partial charge in [-0.2, -0.15) is 0 Å². The van der Waals surface area contributed by atoms with Crippen molar-refractivity contribution < 1.29 is 4.74 Å². The Morgan fingerprint density at radius 3 is 3.08 bits per heavy atom. The molecule has 12 heavy (non-hydrogen) atoms. The zero-order chi connectivity index (χ0) is 8.97. The molecule has 1 N–H and O–H groups in total. The average Bonchev–Trinajstić information content (AvgIpc) is 2.51. The number of rotatable bonds is 4. The molecule has 0 aromatic rings. The maximum Gasteiger partial charge on any atom is 0.0509 e. The molecule has 0 aromatic carbocycles. The van der Waals surface area contributed by atoms with Crippen molar-refractivity contribution in [3.8, 4) is 0 Å². The molecule has 2 unspecified atom stereocenters. The van der Waals surface area contributed by atoms with Gasteiger partial charge in [-0.25, -0.2) is 0 Å². The van der Waals surface area contributed by atoms with Gasteiger partial charge in [-0.15, -0.1) is 0 Å². The van der Waals surface area contributed by atoms with Crippen LogP contribution in [0.4, 0.5) is 0 Å². The van der Waals surface area contributed by atoms with Crippen LogP contribution in [0.1, 0.15) is 13.3 Å². The van der Waals surface area contributed by atoms with E-state index in [-0.39, 0.29) is 0 Å². The molecule has 2 atom stereocenters. The Kier molecular flexibility index (Phi) is 4.26. The Bertz CT molecular complexity index is 155. The van der Waals surface area contributed by atoms with E-state index >= 15 is 0 Å². The summed E-state index contributed by atoms with van der Waals surface area (Å²) in [6.45, 7) is 8.65. The van der Waals surface area contributed by atoms with Gasteiger partial charge >= 0.3 is 0 Å². The van der Waals surface area contributed by atoms with E-state index < -0.39 is 0 Å². The van der Waals surface area contributed by atoms with Crippen molar-refractivity contribution in [2.45, 2.75) is 19.4 Å². The highest BCUT2D eigenvalue weighted by Gasteiger charge is 2.21. The van der Waals surface area contributed by atoms with Crippen LogP contribution in [0, 0.1) is 5.92 Å². The molecule has 1 aliphatic heterocycles. The van der Waals surface area contributed by atoms with Crippen molar-refractivity contribution in [2.24, 2.45) is 5.92 Å². The smallest absolute Gasteiger partial charge is 0.0509 e. The molecule has 0 amide bonds. The van der Waals surface area contributed by atoms with E-state index in [9.17, 15) is 0 Å². The van der Waals surface area contributed by atoms with Crippen molar-refractivity contribution >= 4 is 15.9 Å². The first kappa shape index (κ1) is 10.2. The lowest BCUT2D eigenvalue weighted by Gasteiger charge is -2.18. The third kappa shape index (κ3) is 3.25. The lowest BCUT2D eigenvalue weighted by molar-refractivity contribution is 0.179. The average molecular weight is 234 g/mol. The molecule has 0 bridgehead atoms.